The summed E-state index contributed by atoms with van der Waals surface area (Å²) in [4.78, 5) is 108. The van der Waals surface area contributed by atoms with Crippen molar-refractivity contribution >= 4 is 47.1 Å². The van der Waals surface area contributed by atoms with Gasteiger partial charge in [0.2, 0.25) is 23.6 Å². The fourth-order valence-corrected chi connectivity index (χ4v) is 8.81. The Morgan fingerprint density at radius 2 is 0.707 bits per heavy atom. The van der Waals surface area contributed by atoms with Crippen LogP contribution in [0.2, 0.25) is 0 Å². The number of amides is 4. The van der Waals surface area contributed by atoms with Crippen molar-refractivity contribution in [3.8, 4) is 0 Å². The zero-order valence-corrected chi connectivity index (χ0v) is 34.0. The summed E-state index contributed by atoms with van der Waals surface area (Å²) in [7, 11) is 0. The van der Waals surface area contributed by atoms with E-state index in [1.54, 1.807) is 0 Å². The number of Topliss-reactive ketones (excluding diaryl/α,β-unsaturated/α-hetero) is 2. The number of ether oxygens (including phenoxy) is 2. The summed E-state index contributed by atoms with van der Waals surface area (Å²) in [5.41, 5.74) is 22.3. The van der Waals surface area contributed by atoms with Crippen LogP contribution in [-0.2, 0) is 47.8 Å². The van der Waals surface area contributed by atoms with Gasteiger partial charge in [-0.15, -0.1) is 0 Å². The molecule has 0 saturated carbocycles. The molecule has 4 amide bonds. The fraction of sp³-hybridized carbons (Fsp3) is 0.800. The Hall–Kier alpha value is -4.00. The zero-order chi connectivity index (χ0) is 42.2. The normalized spacial score (nSPS) is 24.9. The summed E-state index contributed by atoms with van der Waals surface area (Å²) >= 11 is 0. The highest BCUT2D eigenvalue weighted by atomic mass is 16.5. The summed E-state index contributed by atoms with van der Waals surface area (Å²) in [6.07, 6.45) is 6.47. The maximum absolute atomic E-state index is 13.5. The molecule has 18 heteroatoms. The minimum Gasteiger partial charge on any atom is -0.458 e. The maximum Gasteiger partial charge on any atom is 0.306 e. The average Bonchev–Trinajstić information content (AvgIpc) is 3.20. The number of likely N-dealkylation sites (tertiary alicyclic amines) is 4. The molecule has 0 aliphatic carbocycles. The van der Waals surface area contributed by atoms with Gasteiger partial charge in [-0.05, 0) is 90.4 Å². The van der Waals surface area contributed by atoms with Crippen molar-refractivity contribution in [1.82, 2.24) is 19.6 Å². The lowest BCUT2D eigenvalue weighted by atomic mass is 9.93. The quantitative estimate of drug-likeness (QED) is 0.0697. The number of ketones is 2. The summed E-state index contributed by atoms with van der Waals surface area (Å²) in [5.74, 6) is -5.38. The number of piperidine rings is 4. The van der Waals surface area contributed by atoms with Crippen molar-refractivity contribution in [3.05, 3.63) is 0 Å². The number of hydrogen-bond acceptors (Lipinski definition) is 14. The molecule has 0 radical (unpaired) electrons. The number of esters is 2. The standard InChI is InChI=1S/C40H66N8O10/c41-37(53)27-7-3-13-45(17-27)21-31(22-46-14-4-8-28(18-46)38(42)54)33(49)25-57-35(51)11-1-2-12-36(52)58-26-34(50)32(23-47-15-5-9-29(19-47)39(43)55)24-48-16-6-10-30(20-48)40(44)56/h27-32H,1-26H2,(H2,41,53)(H2,42,54)(H2,43,55)(H2,44,56). The number of carbonyl (C=O) groups is 8. The highest BCUT2D eigenvalue weighted by Crippen LogP contribution is 2.23. The Bertz CT molecular complexity index is 1290. The zero-order valence-electron chi connectivity index (χ0n) is 34.0. The molecule has 4 aliphatic heterocycles. The molecular formula is C40H66N8O10. The Kier molecular flexibility index (Phi) is 19.0. The molecule has 4 rings (SSSR count). The van der Waals surface area contributed by atoms with Crippen molar-refractivity contribution in [1.29, 1.82) is 0 Å². The highest BCUT2D eigenvalue weighted by Gasteiger charge is 2.34. The lowest BCUT2D eigenvalue weighted by Crippen LogP contribution is -2.49. The molecule has 326 valence electrons. The Morgan fingerprint density at radius 1 is 0.448 bits per heavy atom. The smallest absolute Gasteiger partial charge is 0.306 e. The van der Waals surface area contributed by atoms with Crippen molar-refractivity contribution in [2.45, 2.75) is 77.0 Å². The first kappa shape index (κ1) is 46.7. The Balaban J connectivity index is 1.21. The highest BCUT2D eigenvalue weighted by molar-refractivity contribution is 5.86. The van der Waals surface area contributed by atoms with Gasteiger partial charge in [-0.2, -0.15) is 0 Å². The minimum atomic E-state index is -0.579. The van der Waals surface area contributed by atoms with Crippen LogP contribution in [0.1, 0.15) is 77.0 Å². The maximum atomic E-state index is 13.5. The molecule has 0 bridgehead atoms. The van der Waals surface area contributed by atoms with E-state index < -0.39 is 37.0 Å². The number of unbranched alkanes of at least 4 members (excludes halogenated alkanes) is 1. The second-order valence-electron chi connectivity index (χ2n) is 16.9. The summed E-state index contributed by atoms with van der Waals surface area (Å²) < 4.78 is 10.7. The third-order valence-electron chi connectivity index (χ3n) is 12.2. The minimum absolute atomic E-state index is 0.0185. The van der Waals surface area contributed by atoms with E-state index in [4.69, 9.17) is 32.4 Å². The molecule has 4 aliphatic rings. The van der Waals surface area contributed by atoms with E-state index in [1.165, 1.54) is 0 Å². The molecule has 8 N–H and O–H groups in total. The number of carbonyl (C=O) groups excluding carboxylic acids is 8. The topological polar surface area (TPSA) is 272 Å². The van der Waals surface area contributed by atoms with Crippen molar-refractivity contribution in [3.63, 3.8) is 0 Å². The van der Waals surface area contributed by atoms with Gasteiger partial charge < -0.3 is 52.0 Å². The van der Waals surface area contributed by atoms with Crippen molar-refractivity contribution in [2.75, 3.05) is 91.8 Å². The molecule has 0 spiro atoms. The van der Waals surface area contributed by atoms with Crippen molar-refractivity contribution < 1.29 is 47.8 Å². The van der Waals surface area contributed by atoms with Crippen LogP contribution in [0.5, 0.6) is 0 Å². The summed E-state index contributed by atoms with van der Waals surface area (Å²) in [6.45, 7) is 5.28. The first-order chi connectivity index (χ1) is 27.7. The molecule has 0 aromatic heterocycles. The van der Waals surface area contributed by atoms with E-state index in [0.29, 0.717) is 117 Å². The van der Waals surface area contributed by atoms with E-state index in [1.807, 2.05) is 0 Å². The van der Waals surface area contributed by atoms with Gasteiger partial charge in [0.05, 0.1) is 23.7 Å². The van der Waals surface area contributed by atoms with E-state index in [0.717, 1.165) is 25.7 Å². The van der Waals surface area contributed by atoms with Crippen LogP contribution in [0, 0.1) is 35.5 Å². The van der Waals surface area contributed by atoms with E-state index in [9.17, 15) is 38.4 Å². The predicted octanol–water partition coefficient (Wildman–Crippen LogP) is -1.21. The molecule has 4 fully saturated rings. The average molecular weight is 819 g/mol. The lowest BCUT2D eigenvalue weighted by molar-refractivity contribution is -0.150. The number of nitrogens with two attached hydrogens (primary N) is 4. The van der Waals surface area contributed by atoms with Crippen LogP contribution >= 0.6 is 0 Å². The molecule has 0 aromatic carbocycles. The van der Waals surface area contributed by atoms with Crippen LogP contribution in [0.25, 0.3) is 0 Å². The molecule has 4 heterocycles. The Labute approximate surface area is 341 Å². The van der Waals surface area contributed by atoms with Gasteiger partial charge in [0.15, 0.2) is 11.6 Å². The van der Waals surface area contributed by atoms with Gasteiger partial charge in [0, 0.05) is 77.0 Å². The molecule has 4 atom stereocenters. The van der Waals surface area contributed by atoms with Gasteiger partial charge in [-0.1, -0.05) is 0 Å². The largest absolute Gasteiger partial charge is 0.458 e. The summed E-state index contributed by atoms with van der Waals surface area (Å²) in [6, 6.07) is 0. The first-order valence-electron chi connectivity index (χ1n) is 21.1. The van der Waals surface area contributed by atoms with E-state index in [-0.39, 0.29) is 71.7 Å². The van der Waals surface area contributed by atoms with E-state index >= 15 is 0 Å². The number of hydrogen-bond donors (Lipinski definition) is 4. The fourth-order valence-electron chi connectivity index (χ4n) is 8.81. The predicted molar refractivity (Wildman–Crippen MR) is 211 cm³/mol. The van der Waals surface area contributed by atoms with Gasteiger partial charge in [0.1, 0.15) is 13.2 Å². The van der Waals surface area contributed by atoms with Crippen LogP contribution < -0.4 is 22.9 Å². The number of rotatable bonds is 23. The van der Waals surface area contributed by atoms with Gasteiger partial charge in [0.25, 0.3) is 0 Å². The SMILES string of the molecule is NC(=O)C1CCCN(CC(CN2CCCC(C(N)=O)C2)C(=O)COC(=O)CCCCC(=O)OCC(=O)C(CN2CCCC(C(N)=O)C2)CN2CCCC(C(N)=O)C2)C1. The van der Waals surface area contributed by atoms with Crippen LogP contribution in [-0.4, -0.2) is 158 Å². The third kappa shape index (κ3) is 15.6. The first-order valence-corrected chi connectivity index (χ1v) is 21.1. The van der Waals surface area contributed by atoms with Gasteiger partial charge >= 0.3 is 11.9 Å². The lowest BCUT2D eigenvalue weighted by Gasteiger charge is -2.37. The van der Waals surface area contributed by atoms with Crippen LogP contribution in [0.15, 0.2) is 0 Å². The van der Waals surface area contributed by atoms with E-state index in [2.05, 4.69) is 19.6 Å². The molecule has 58 heavy (non-hydrogen) atoms. The van der Waals surface area contributed by atoms with Crippen LogP contribution in [0.3, 0.4) is 0 Å². The van der Waals surface area contributed by atoms with Crippen LogP contribution in [0.4, 0.5) is 0 Å². The number of nitrogens with zero attached hydrogens (tertiary/aromatic N) is 4. The second kappa shape index (κ2) is 23.6. The second-order valence-corrected chi connectivity index (χ2v) is 16.9. The molecule has 4 unspecified atom stereocenters. The monoisotopic (exact) mass is 818 g/mol. The molecular weight excluding hydrogens is 752 g/mol. The summed E-state index contributed by atoms with van der Waals surface area (Å²) in [5, 5.41) is 0. The third-order valence-corrected chi connectivity index (χ3v) is 12.2. The number of primary amides is 4. The molecule has 0 aromatic rings. The molecule has 4 saturated heterocycles. The van der Waals surface area contributed by atoms with Crippen molar-refractivity contribution in [2.24, 2.45) is 58.4 Å². The Morgan fingerprint density at radius 3 is 0.948 bits per heavy atom. The molecule has 18 nitrogen and oxygen atoms in total. The van der Waals surface area contributed by atoms with Gasteiger partial charge in [-0.25, -0.2) is 0 Å². The van der Waals surface area contributed by atoms with Gasteiger partial charge in [-0.3, -0.25) is 38.4 Å².